The molecule has 0 amide bonds. The molecule has 1 aromatic carbocycles. The van der Waals surface area contributed by atoms with Gasteiger partial charge >= 0.3 is 72.1 Å². The van der Waals surface area contributed by atoms with Gasteiger partial charge in [-0.25, -0.2) is 4.99 Å². The summed E-state index contributed by atoms with van der Waals surface area (Å²) in [6, 6.07) is 2.69. The third-order valence-corrected chi connectivity index (χ3v) is 12.1. The van der Waals surface area contributed by atoms with E-state index in [2.05, 4.69) is 9.98 Å². The van der Waals surface area contributed by atoms with E-state index >= 15 is 0 Å². The predicted molar refractivity (Wildman–Crippen MR) is 144 cm³/mol. The molecule has 0 bridgehead atoms. The number of rotatable bonds is 3. The molecule has 18 heteroatoms. The fourth-order valence-electron chi connectivity index (χ4n) is 3.24. The summed E-state index contributed by atoms with van der Waals surface area (Å²) in [5, 5.41) is 51.5. The zero-order valence-electron chi connectivity index (χ0n) is 20.7. The molecule has 0 saturated carbocycles. The SMILES string of the molecule is N#[C][Fe]([C]#N)([C]#N)([C]#N)([C]#N)[C]#N.O=S(=O)(O)c1ccc(S(=O)(=O)O)c(N=C2CC=CC3=C2SC2=CCC=CC2=N3)c1. The van der Waals surface area contributed by atoms with Crippen LogP contribution in [0.2, 0.25) is 0 Å². The third-order valence-electron chi connectivity index (χ3n) is 5.45. The Bertz CT molecular complexity index is 1990. The molecule has 1 aliphatic heterocycles. The van der Waals surface area contributed by atoms with Crippen molar-refractivity contribution < 1.29 is 36.7 Å². The van der Waals surface area contributed by atoms with E-state index in [9.17, 15) is 25.9 Å². The molecule has 42 heavy (non-hydrogen) atoms. The van der Waals surface area contributed by atoms with Crippen molar-refractivity contribution in [3.8, 4) is 29.8 Å². The van der Waals surface area contributed by atoms with Gasteiger partial charge in [0.25, 0.3) is 20.2 Å². The van der Waals surface area contributed by atoms with Crippen LogP contribution in [0, 0.1) is 61.4 Å². The number of hydrogen-bond acceptors (Lipinski definition) is 13. The predicted octanol–water partition coefficient (Wildman–Crippen LogP) is 3.55. The molecule has 3 aliphatic rings. The van der Waals surface area contributed by atoms with E-state index in [0.717, 1.165) is 69.9 Å². The zero-order chi connectivity index (χ0) is 31.5. The van der Waals surface area contributed by atoms with Crippen molar-refractivity contribution in [2.45, 2.75) is 22.6 Å². The van der Waals surface area contributed by atoms with Gasteiger partial charge in [-0.2, -0.15) is 16.8 Å². The van der Waals surface area contributed by atoms with E-state index in [0.29, 0.717) is 17.8 Å². The number of aliphatic imine (C=N–C) groups is 2. The second kappa shape index (κ2) is 10.5. The van der Waals surface area contributed by atoms with Crippen molar-refractivity contribution in [3.05, 3.63) is 64.1 Å². The van der Waals surface area contributed by atoms with Crippen LogP contribution >= 0.6 is 11.8 Å². The first-order chi connectivity index (χ1) is 19.6. The van der Waals surface area contributed by atoms with Gasteiger partial charge in [0.05, 0.1) is 32.6 Å². The molecule has 0 fully saturated rings. The Labute approximate surface area is 242 Å². The Kier molecular flexibility index (Phi) is 7.94. The standard InChI is InChI=1S/C18H14N2O6S3.6CN.Fe/c21-28(22,23)11-8-9-17(29(24,25)26)15(10-11)20-14-6-3-5-13-18(14)27-16-7-2-1-4-12(16)19-13;6*1-2;/h1,3-5,7-10H,2,6H2,(H,21,22,23)(H,24,25,26);;;;;;;. The molecular formula is C24H14FeN8O6S3. The van der Waals surface area contributed by atoms with E-state index in [4.69, 9.17) is 31.6 Å². The first kappa shape index (κ1) is 31.7. The summed E-state index contributed by atoms with van der Waals surface area (Å²) >= 11 is 1.45. The van der Waals surface area contributed by atoms with Crippen LogP contribution in [0.3, 0.4) is 0 Å². The molecule has 14 nitrogen and oxygen atoms in total. The molecule has 2 N–H and O–H groups in total. The number of allylic oxidation sites excluding steroid dienone is 7. The first-order valence-electron chi connectivity index (χ1n) is 10.7. The molecule has 4 rings (SSSR count). The second-order valence-electron chi connectivity index (χ2n) is 8.06. The maximum atomic E-state index is 11.7. The second-order valence-corrected chi connectivity index (χ2v) is 17.6. The minimum atomic E-state index is -6.17. The van der Waals surface area contributed by atoms with Gasteiger partial charge in [-0.15, -0.1) is 0 Å². The largest absolute Gasteiger partial charge is 0.296 e. The van der Waals surface area contributed by atoms with Crippen LogP contribution in [0.25, 0.3) is 0 Å². The molecule has 1 aromatic rings. The van der Waals surface area contributed by atoms with Crippen molar-refractivity contribution >= 4 is 49.1 Å². The smallest absolute Gasteiger partial charge is 0.282 e. The molecule has 0 aromatic heterocycles. The minimum absolute atomic E-state index is 0.285. The molecule has 0 spiro atoms. The van der Waals surface area contributed by atoms with Gasteiger partial charge in [0.1, 0.15) is 4.90 Å². The fourth-order valence-corrected chi connectivity index (χ4v) is 6.26. The van der Waals surface area contributed by atoms with E-state index in [1.807, 2.05) is 30.4 Å². The van der Waals surface area contributed by atoms with Gasteiger partial charge < -0.3 is 0 Å². The zero-order valence-corrected chi connectivity index (χ0v) is 24.3. The van der Waals surface area contributed by atoms with Crippen molar-refractivity contribution in [3.63, 3.8) is 0 Å². The van der Waals surface area contributed by atoms with Crippen LogP contribution in [0.15, 0.2) is 83.9 Å². The third kappa shape index (κ3) is 5.40. The van der Waals surface area contributed by atoms with Crippen molar-refractivity contribution in [1.29, 1.82) is 31.6 Å². The Morgan fingerprint density at radius 1 is 0.857 bits per heavy atom. The maximum absolute atomic E-state index is 11.7. The average Bonchev–Trinajstić information content (AvgIpc) is 2.99. The normalized spacial score (nSPS) is 18.1. The van der Waals surface area contributed by atoms with Crippen molar-refractivity contribution in [2.24, 2.45) is 9.98 Å². The molecule has 1 heterocycles. The summed E-state index contributed by atoms with van der Waals surface area (Å²) in [5.74, 6) is 0. The summed E-state index contributed by atoms with van der Waals surface area (Å²) in [6.07, 6.45) is 10.7. The number of thioether (sulfide) groups is 1. The average molecular weight is 662 g/mol. The van der Waals surface area contributed by atoms with Crippen molar-refractivity contribution in [2.75, 3.05) is 0 Å². The molecule has 0 unspecified atom stereocenters. The molecule has 0 atom stereocenters. The van der Waals surface area contributed by atoms with Crippen LogP contribution in [-0.2, 0) is 31.0 Å². The summed E-state index contributed by atoms with van der Waals surface area (Å²) in [6.45, 7) is 0. The monoisotopic (exact) mass is 662 g/mol. The van der Waals surface area contributed by atoms with E-state index in [-0.39, 0.29) is 5.69 Å². The van der Waals surface area contributed by atoms with Crippen LogP contribution in [-0.4, -0.2) is 37.4 Å². The Morgan fingerprint density at radius 2 is 1.45 bits per heavy atom. The Balaban J connectivity index is 0.000000316. The fraction of sp³-hybridized carbons (Fsp3) is 0.0833. The van der Waals surface area contributed by atoms with Gasteiger partial charge in [-0.3, -0.25) is 14.1 Å². The Morgan fingerprint density at radius 3 is 1.95 bits per heavy atom. The van der Waals surface area contributed by atoms with Crippen LogP contribution < -0.4 is 0 Å². The van der Waals surface area contributed by atoms with Crippen LogP contribution in [0.4, 0.5) is 5.69 Å². The number of fused-ring (bicyclic) bond motifs is 1. The first-order valence-corrected chi connectivity index (χ1v) is 17.8. The van der Waals surface area contributed by atoms with Gasteiger partial charge in [0.15, 0.2) is 0 Å². The summed E-state index contributed by atoms with van der Waals surface area (Å²) in [5.41, 5.74) is 1.69. The van der Waals surface area contributed by atoms with Crippen LogP contribution in [0.1, 0.15) is 12.8 Å². The molecule has 0 saturated heterocycles. The van der Waals surface area contributed by atoms with Crippen LogP contribution in [0.5, 0.6) is 0 Å². The van der Waals surface area contributed by atoms with Crippen molar-refractivity contribution in [1.82, 2.24) is 0 Å². The molecule has 0 radical (unpaired) electrons. The molecular weight excluding hydrogens is 648 g/mol. The summed E-state index contributed by atoms with van der Waals surface area (Å²) < 4.78 is 65.2. The van der Waals surface area contributed by atoms with E-state index in [1.165, 1.54) is 11.8 Å². The Hall–Kier alpha value is -4.85. The number of hydrogen-bond donors (Lipinski definition) is 2. The molecule has 212 valence electrons. The summed E-state index contributed by atoms with van der Waals surface area (Å²) in [4.78, 5) is 15.7. The van der Waals surface area contributed by atoms with Gasteiger partial charge in [-0.1, -0.05) is 30.0 Å². The quantitative estimate of drug-likeness (QED) is 0.346. The number of benzene rings is 1. The van der Waals surface area contributed by atoms with Gasteiger partial charge in [0.2, 0.25) is 0 Å². The molecule has 2 aliphatic carbocycles. The van der Waals surface area contributed by atoms with E-state index < -0.39 is 40.8 Å². The maximum Gasteiger partial charge on any atom is 0.296 e. The number of nitriles is 6. The van der Waals surface area contributed by atoms with Gasteiger partial charge in [0, 0.05) is 11.3 Å². The topological polar surface area (TPSA) is 276 Å². The van der Waals surface area contributed by atoms with E-state index in [1.54, 1.807) is 0 Å². The van der Waals surface area contributed by atoms with Gasteiger partial charge in [-0.05, 0) is 36.8 Å². The number of nitrogens with zero attached hydrogens (tertiary/aromatic N) is 8. The summed E-state index contributed by atoms with van der Waals surface area (Å²) in [7, 11) is -15.4. The minimum Gasteiger partial charge on any atom is -0.282 e.